The minimum absolute atomic E-state index is 0. The van der Waals surface area contributed by atoms with E-state index in [-0.39, 0.29) is 24.0 Å². The Hall–Kier alpha value is -0.770. The lowest BCUT2D eigenvalue weighted by molar-refractivity contribution is 0.0529. The number of aliphatic imine (C=N–C) groups is 1. The van der Waals surface area contributed by atoms with Crippen LogP contribution in [0.25, 0.3) is 0 Å². The lowest BCUT2D eigenvalue weighted by atomic mass is 10.2. The summed E-state index contributed by atoms with van der Waals surface area (Å²) < 4.78 is 5.17. The summed E-state index contributed by atoms with van der Waals surface area (Å²) in [5.74, 6) is 0.739. The molecule has 7 nitrogen and oxygen atoms in total. The first-order valence-corrected chi connectivity index (χ1v) is 8.46. The minimum Gasteiger partial charge on any atom is -0.444 e. The third-order valence-electron chi connectivity index (χ3n) is 3.02. The zero-order valence-electron chi connectivity index (χ0n) is 16.1. The molecule has 0 unspecified atom stereocenters. The number of ether oxygens (including phenoxy) is 1. The van der Waals surface area contributed by atoms with Crippen LogP contribution in [0, 0.1) is 0 Å². The number of amides is 1. The molecule has 0 spiro atoms. The Morgan fingerprint density at radius 2 is 1.62 bits per heavy atom. The van der Waals surface area contributed by atoms with Gasteiger partial charge in [0.1, 0.15) is 5.60 Å². The van der Waals surface area contributed by atoms with Crippen LogP contribution >= 0.6 is 24.0 Å². The normalized spacial score (nSPS) is 11.7. The third kappa shape index (κ3) is 14.8. The Morgan fingerprint density at radius 3 is 2.12 bits per heavy atom. The Bertz CT molecular complexity index is 359. The predicted octanol–water partition coefficient (Wildman–Crippen LogP) is 2.03. The summed E-state index contributed by atoms with van der Waals surface area (Å²) in [6.45, 7) is 15.0. The van der Waals surface area contributed by atoms with Gasteiger partial charge >= 0.3 is 6.09 Å². The molecule has 0 aromatic heterocycles. The predicted molar refractivity (Wildman–Crippen MR) is 111 cm³/mol. The van der Waals surface area contributed by atoms with E-state index in [1.807, 2.05) is 20.8 Å². The fourth-order valence-corrected chi connectivity index (χ4v) is 1.96. The van der Waals surface area contributed by atoms with Gasteiger partial charge in [-0.2, -0.15) is 0 Å². The molecule has 1 amide bonds. The van der Waals surface area contributed by atoms with Gasteiger partial charge in [0.05, 0.1) is 0 Å². The second kappa shape index (κ2) is 14.6. The van der Waals surface area contributed by atoms with E-state index in [4.69, 9.17) is 4.74 Å². The Morgan fingerprint density at radius 1 is 1.04 bits per heavy atom. The molecule has 0 aliphatic carbocycles. The highest BCUT2D eigenvalue weighted by atomic mass is 127. The summed E-state index contributed by atoms with van der Waals surface area (Å²) in [5.41, 5.74) is -0.473. The summed E-state index contributed by atoms with van der Waals surface area (Å²) in [6.07, 6.45) is 0.761. The molecule has 0 bridgehead atoms. The van der Waals surface area contributed by atoms with Crippen LogP contribution in [0.3, 0.4) is 0 Å². The molecule has 0 saturated carbocycles. The molecule has 0 heterocycles. The van der Waals surface area contributed by atoms with Gasteiger partial charge < -0.3 is 25.6 Å². The van der Waals surface area contributed by atoms with Crippen LogP contribution in [-0.4, -0.2) is 68.9 Å². The van der Waals surface area contributed by atoms with Crippen molar-refractivity contribution in [3.8, 4) is 0 Å². The first-order chi connectivity index (χ1) is 10.8. The molecule has 0 aromatic rings. The Labute approximate surface area is 164 Å². The maximum Gasteiger partial charge on any atom is 0.407 e. The molecule has 0 atom stereocenters. The standard InChI is InChI=1S/C16H35N5O2.HI/c1-7-12-21(8-2)13-11-19-14(17-6)18-9-10-20-15(22)23-16(3,4)5;/h7-13H2,1-6H3,(H,20,22)(H2,17,18,19);1H. The largest absolute Gasteiger partial charge is 0.444 e. The lowest BCUT2D eigenvalue weighted by Crippen LogP contribution is -2.44. The first kappa shape index (κ1) is 25.5. The number of rotatable bonds is 9. The first-order valence-electron chi connectivity index (χ1n) is 8.46. The molecule has 0 rings (SSSR count). The Kier molecular flexibility index (Phi) is 15.5. The van der Waals surface area contributed by atoms with Crippen LogP contribution in [0.15, 0.2) is 4.99 Å². The summed E-state index contributed by atoms with van der Waals surface area (Å²) in [5, 5.41) is 9.14. The van der Waals surface area contributed by atoms with Crippen molar-refractivity contribution in [2.24, 2.45) is 4.99 Å². The maximum absolute atomic E-state index is 11.5. The number of likely N-dealkylation sites (N-methyl/N-ethyl adjacent to an activating group) is 1. The number of carbonyl (C=O) groups excluding carboxylic acids is 1. The molecule has 3 N–H and O–H groups in total. The van der Waals surface area contributed by atoms with E-state index in [0.29, 0.717) is 13.1 Å². The van der Waals surface area contributed by atoms with Crippen LogP contribution in [0.1, 0.15) is 41.0 Å². The van der Waals surface area contributed by atoms with E-state index in [1.54, 1.807) is 7.05 Å². The fraction of sp³-hybridized carbons (Fsp3) is 0.875. The number of halogens is 1. The van der Waals surface area contributed by atoms with Crippen molar-refractivity contribution in [1.82, 2.24) is 20.9 Å². The van der Waals surface area contributed by atoms with E-state index >= 15 is 0 Å². The summed E-state index contributed by atoms with van der Waals surface area (Å²) in [4.78, 5) is 18.1. The number of guanidine groups is 1. The third-order valence-corrected chi connectivity index (χ3v) is 3.02. The van der Waals surface area contributed by atoms with Gasteiger partial charge in [0.2, 0.25) is 0 Å². The number of carbonyl (C=O) groups is 1. The van der Waals surface area contributed by atoms with E-state index < -0.39 is 11.7 Å². The zero-order valence-corrected chi connectivity index (χ0v) is 18.4. The zero-order chi connectivity index (χ0) is 17.7. The molecule has 0 aliphatic heterocycles. The van der Waals surface area contributed by atoms with Gasteiger partial charge in [-0.15, -0.1) is 24.0 Å². The van der Waals surface area contributed by atoms with Crippen molar-refractivity contribution in [3.63, 3.8) is 0 Å². The number of nitrogens with one attached hydrogen (secondary N) is 3. The van der Waals surface area contributed by atoms with E-state index in [2.05, 4.69) is 39.7 Å². The lowest BCUT2D eigenvalue weighted by Gasteiger charge is -2.21. The van der Waals surface area contributed by atoms with Crippen LogP contribution in [0.5, 0.6) is 0 Å². The van der Waals surface area contributed by atoms with Gasteiger partial charge in [0, 0.05) is 33.2 Å². The molecule has 0 radical (unpaired) electrons. The van der Waals surface area contributed by atoms with Crippen molar-refractivity contribution < 1.29 is 9.53 Å². The highest BCUT2D eigenvalue weighted by Crippen LogP contribution is 2.05. The van der Waals surface area contributed by atoms with E-state index in [0.717, 1.165) is 38.6 Å². The smallest absolute Gasteiger partial charge is 0.407 e. The topological polar surface area (TPSA) is 78.0 Å². The molecule has 0 aliphatic rings. The van der Waals surface area contributed by atoms with E-state index in [9.17, 15) is 4.79 Å². The van der Waals surface area contributed by atoms with Crippen molar-refractivity contribution in [1.29, 1.82) is 0 Å². The highest BCUT2D eigenvalue weighted by Gasteiger charge is 2.15. The monoisotopic (exact) mass is 457 g/mol. The van der Waals surface area contributed by atoms with Gasteiger partial charge in [-0.1, -0.05) is 13.8 Å². The van der Waals surface area contributed by atoms with Crippen molar-refractivity contribution >= 4 is 36.0 Å². The summed E-state index contributed by atoms with van der Waals surface area (Å²) in [6, 6.07) is 0. The molecule has 24 heavy (non-hydrogen) atoms. The van der Waals surface area contributed by atoms with Crippen molar-refractivity contribution in [2.75, 3.05) is 46.3 Å². The molecular weight excluding hydrogens is 421 g/mol. The number of alkyl carbamates (subject to hydrolysis) is 1. The second-order valence-corrected chi connectivity index (χ2v) is 6.29. The average molecular weight is 457 g/mol. The molecule has 0 aromatic carbocycles. The average Bonchev–Trinajstić information content (AvgIpc) is 2.46. The van der Waals surface area contributed by atoms with Crippen molar-refractivity contribution in [2.45, 2.75) is 46.6 Å². The van der Waals surface area contributed by atoms with Gasteiger partial charge in [-0.25, -0.2) is 4.79 Å². The Balaban J connectivity index is 0. The molecular formula is C16H36IN5O2. The molecule has 0 fully saturated rings. The number of nitrogens with zero attached hydrogens (tertiary/aromatic N) is 2. The molecule has 0 saturated heterocycles. The number of hydrogen-bond donors (Lipinski definition) is 3. The van der Waals surface area contributed by atoms with E-state index in [1.165, 1.54) is 0 Å². The van der Waals surface area contributed by atoms with Crippen LogP contribution in [0.4, 0.5) is 4.79 Å². The fourth-order valence-electron chi connectivity index (χ4n) is 1.96. The minimum atomic E-state index is -0.473. The summed E-state index contributed by atoms with van der Waals surface area (Å²) in [7, 11) is 1.74. The van der Waals surface area contributed by atoms with Crippen LogP contribution in [-0.2, 0) is 4.74 Å². The van der Waals surface area contributed by atoms with Gasteiger partial charge in [0.15, 0.2) is 5.96 Å². The second-order valence-electron chi connectivity index (χ2n) is 6.29. The molecule has 144 valence electrons. The summed E-state index contributed by atoms with van der Waals surface area (Å²) >= 11 is 0. The van der Waals surface area contributed by atoms with Gasteiger partial charge in [-0.05, 0) is 40.3 Å². The van der Waals surface area contributed by atoms with Crippen LogP contribution in [0.2, 0.25) is 0 Å². The number of hydrogen-bond acceptors (Lipinski definition) is 4. The molecule has 8 heteroatoms. The highest BCUT2D eigenvalue weighted by molar-refractivity contribution is 14.0. The quantitative estimate of drug-likeness (QED) is 0.214. The van der Waals surface area contributed by atoms with Gasteiger partial charge in [0.25, 0.3) is 0 Å². The van der Waals surface area contributed by atoms with Crippen molar-refractivity contribution in [3.05, 3.63) is 0 Å². The van der Waals surface area contributed by atoms with Crippen LogP contribution < -0.4 is 16.0 Å². The van der Waals surface area contributed by atoms with Gasteiger partial charge in [-0.3, -0.25) is 4.99 Å². The maximum atomic E-state index is 11.5. The SMILES string of the molecule is CCCN(CC)CCNC(=NC)NCCNC(=O)OC(C)(C)C.I.